The average molecular weight is 259 g/mol. The molecule has 2 fully saturated rings. The number of nitrogens with one attached hydrogen (secondary N) is 1. The molecule has 1 aromatic heterocycles. The standard InChI is InChI=1S/C16H25N3/c1-13-12-17-7-4-14(13)5-8-18-15-6-10-19-9-2-3-16(19)11-15/h4,7,12,15-16,18H,2-3,5-6,8-11H2,1H3/t15-,16-/m1/s1. The van der Waals surface area contributed by atoms with Crippen molar-refractivity contribution in [2.24, 2.45) is 0 Å². The molecule has 1 N–H and O–H groups in total. The Morgan fingerprint density at radius 2 is 2.32 bits per heavy atom. The summed E-state index contributed by atoms with van der Waals surface area (Å²) in [5, 5.41) is 3.76. The lowest BCUT2D eigenvalue weighted by molar-refractivity contribution is 0.167. The quantitative estimate of drug-likeness (QED) is 0.898. The molecule has 19 heavy (non-hydrogen) atoms. The predicted octanol–water partition coefficient (Wildman–Crippen LogP) is 2.15. The summed E-state index contributed by atoms with van der Waals surface area (Å²) in [4.78, 5) is 6.84. The van der Waals surface area contributed by atoms with Crippen LogP contribution in [0, 0.1) is 6.92 Å². The molecular formula is C16H25N3. The summed E-state index contributed by atoms with van der Waals surface area (Å²) in [6.07, 6.45) is 10.5. The predicted molar refractivity (Wildman–Crippen MR) is 78.3 cm³/mol. The topological polar surface area (TPSA) is 28.2 Å². The summed E-state index contributed by atoms with van der Waals surface area (Å²) >= 11 is 0. The number of aryl methyl sites for hydroxylation is 1. The molecule has 0 saturated carbocycles. The minimum absolute atomic E-state index is 0.737. The molecule has 2 atom stereocenters. The van der Waals surface area contributed by atoms with E-state index in [4.69, 9.17) is 0 Å². The van der Waals surface area contributed by atoms with Crippen LogP contribution in [0.5, 0.6) is 0 Å². The molecule has 2 aliphatic rings. The lowest BCUT2D eigenvalue weighted by atomic mass is 9.97. The highest BCUT2D eigenvalue weighted by atomic mass is 15.2. The minimum atomic E-state index is 0.737. The van der Waals surface area contributed by atoms with Crippen LogP contribution in [0.3, 0.4) is 0 Å². The van der Waals surface area contributed by atoms with E-state index in [1.54, 1.807) is 0 Å². The van der Waals surface area contributed by atoms with E-state index in [-0.39, 0.29) is 0 Å². The van der Waals surface area contributed by atoms with E-state index in [0.717, 1.165) is 25.0 Å². The van der Waals surface area contributed by atoms with Crippen LogP contribution in [0.1, 0.15) is 36.8 Å². The molecule has 0 bridgehead atoms. The minimum Gasteiger partial charge on any atom is -0.314 e. The first-order valence-corrected chi connectivity index (χ1v) is 7.70. The van der Waals surface area contributed by atoms with Gasteiger partial charge in [-0.15, -0.1) is 0 Å². The lowest BCUT2D eigenvalue weighted by Crippen LogP contribution is -2.46. The van der Waals surface area contributed by atoms with Crippen molar-refractivity contribution in [2.75, 3.05) is 19.6 Å². The molecule has 3 rings (SSSR count). The van der Waals surface area contributed by atoms with Crippen LogP contribution in [0.4, 0.5) is 0 Å². The highest BCUT2D eigenvalue weighted by Crippen LogP contribution is 2.26. The van der Waals surface area contributed by atoms with Gasteiger partial charge in [0.1, 0.15) is 0 Å². The molecule has 1 aromatic rings. The first-order valence-electron chi connectivity index (χ1n) is 7.70. The van der Waals surface area contributed by atoms with Gasteiger partial charge < -0.3 is 10.2 Å². The van der Waals surface area contributed by atoms with Gasteiger partial charge in [-0.1, -0.05) is 0 Å². The zero-order chi connectivity index (χ0) is 13.1. The number of hydrogen-bond acceptors (Lipinski definition) is 3. The molecule has 104 valence electrons. The van der Waals surface area contributed by atoms with E-state index in [1.807, 2.05) is 12.4 Å². The summed E-state index contributed by atoms with van der Waals surface area (Å²) in [7, 11) is 0. The number of fused-ring (bicyclic) bond motifs is 1. The van der Waals surface area contributed by atoms with Crippen molar-refractivity contribution < 1.29 is 0 Å². The van der Waals surface area contributed by atoms with Gasteiger partial charge in [0.2, 0.25) is 0 Å². The molecule has 3 nitrogen and oxygen atoms in total. The van der Waals surface area contributed by atoms with Gasteiger partial charge in [-0.05, 0) is 75.9 Å². The fourth-order valence-electron chi connectivity index (χ4n) is 3.60. The maximum Gasteiger partial charge on any atom is 0.0299 e. The highest BCUT2D eigenvalue weighted by Gasteiger charge is 2.31. The van der Waals surface area contributed by atoms with E-state index >= 15 is 0 Å². The lowest BCUT2D eigenvalue weighted by Gasteiger charge is -2.35. The normalized spacial score (nSPS) is 27.4. The van der Waals surface area contributed by atoms with Crippen molar-refractivity contribution in [1.82, 2.24) is 15.2 Å². The van der Waals surface area contributed by atoms with Gasteiger partial charge in [0.15, 0.2) is 0 Å². The fourth-order valence-corrected chi connectivity index (χ4v) is 3.60. The monoisotopic (exact) mass is 259 g/mol. The smallest absolute Gasteiger partial charge is 0.0299 e. The van der Waals surface area contributed by atoms with Crippen molar-refractivity contribution in [3.05, 3.63) is 29.6 Å². The van der Waals surface area contributed by atoms with Crippen LogP contribution in [-0.2, 0) is 6.42 Å². The number of nitrogens with zero attached hydrogens (tertiary/aromatic N) is 2. The van der Waals surface area contributed by atoms with E-state index in [0.29, 0.717) is 0 Å². The Bertz CT molecular complexity index is 418. The number of pyridine rings is 1. The van der Waals surface area contributed by atoms with Crippen LogP contribution in [0.2, 0.25) is 0 Å². The number of aromatic nitrogens is 1. The van der Waals surface area contributed by atoms with Crippen molar-refractivity contribution in [3.8, 4) is 0 Å². The molecule has 2 aliphatic heterocycles. The fraction of sp³-hybridized carbons (Fsp3) is 0.688. The summed E-state index contributed by atoms with van der Waals surface area (Å²) in [6, 6.07) is 3.76. The van der Waals surface area contributed by atoms with E-state index in [1.165, 1.54) is 49.9 Å². The Kier molecular flexibility index (Phi) is 4.14. The van der Waals surface area contributed by atoms with E-state index in [2.05, 4.69) is 28.2 Å². The van der Waals surface area contributed by atoms with Gasteiger partial charge in [0.25, 0.3) is 0 Å². The maximum atomic E-state index is 4.15. The third kappa shape index (κ3) is 3.15. The van der Waals surface area contributed by atoms with Crippen LogP contribution in [0.25, 0.3) is 0 Å². The zero-order valence-electron chi connectivity index (χ0n) is 11.9. The summed E-state index contributed by atoms with van der Waals surface area (Å²) in [5.74, 6) is 0. The third-order valence-electron chi connectivity index (χ3n) is 4.78. The summed E-state index contributed by atoms with van der Waals surface area (Å²) in [5.41, 5.74) is 2.75. The van der Waals surface area contributed by atoms with Crippen molar-refractivity contribution in [1.29, 1.82) is 0 Å². The Balaban J connectivity index is 1.44. The number of hydrogen-bond donors (Lipinski definition) is 1. The van der Waals surface area contributed by atoms with Gasteiger partial charge in [0, 0.05) is 24.5 Å². The van der Waals surface area contributed by atoms with Crippen molar-refractivity contribution in [3.63, 3.8) is 0 Å². The molecule has 2 saturated heterocycles. The van der Waals surface area contributed by atoms with Gasteiger partial charge in [0.05, 0.1) is 0 Å². The van der Waals surface area contributed by atoms with Crippen LogP contribution < -0.4 is 5.32 Å². The van der Waals surface area contributed by atoms with Crippen LogP contribution in [0.15, 0.2) is 18.5 Å². The Morgan fingerprint density at radius 1 is 1.37 bits per heavy atom. The maximum absolute atomic E-state index is 4.15. The SMILES string of the molecule is Cc1cnccc1CCN[C@@H]1CCN2CCC[C@@H]2C1. The second kappa shape index (κ2) is 6.02. The molecule has 0 amide bonds. The van der Waals surface area contributed by atoms with Gasteiger partial charge in [-0.3, -0.25) is 4.98 Å². The molecular weight excluding hydrogens is 234 g/mol. The summed E-state index contributed by atoms with van der Waals surface area (Å²) in [6.45, 7) is 5.89. The molecule has 0 radical (unpaired) electrons. The molecule has 0 spiro atoms. The first-order chi connectivity index (χ1) is 9.33. The van der Waals surface area contributed by atoms with E-state index in [9.17, 15) is 0 Å². The Morgan fingerprint density at radius 3 is 3.21 bits per heavy atom. The van der Waals surface area contributed by atoms with Gasteiger partial charge in [-0.2, -0.15) is 0 Å². The molecule has 3 heterocycles. The third-order valence-corrected chi connectivity index (χ3v) is 4.78. The molecule has 0 aliphatic carbocycles. The Hall–Kier alpha value is -0.930. The van der Waals surface area contributed by atoms with Gasteiger partial charge >= 0.3 is 0 Å². The van der Waals surface area contributed by atoms with E-state index < -0.39 is 0 Å². The molecule has 3 heteroatoms. The number of piperidine rings is 1. The first kappa shape index (κ1) is 13.1. The van der Waals surface area contributed by atoms with Gasteiger partial charge in [-0.25, -0.2) is 0 Å². The Labute approximate surface area is 116 Å². The largest absolute Gasteiger partial charge is 0.314 e. The summed E-state index contributed by atoms with van der Waals surface area (Å²) < 4.78 is 0. The van der Waals surface area contributed by atoms with Crippen LogP contribution >= 0.6 is 0 Å². The second-order valence-electron chi connectivity index (χ2n) is 6.06. The van der Waals surface area contributed by atoms with Crippen molar-refractivity contribution >= 4 is 0 Å². The second-order valence-corrected chi connectivity index (χ2v) is 6.06. The highest BCUT2D eigenvalue weighted by molar-refractivity contribution is 5.21. The number of rotatable bonds is 4. The van der Waals surface area contributed by atoms with Crippen LogP contribution in [-0.4, -0.2) is 41.6 Å². The molecule has 0 unspecified atom stereocenters. The van der Waals surface area contributed by atoms with Crippen molar-refractivity contribution in [2.45, 2.75) is 51.1 Å². The molecule has 0 aromatic carbocycles. The zero-order valence-corrected chi connectivity index (χ0v) is 11.9. The average Bonchev–Trinajstić information content (AvgIpc) is 2.88.